The molecule has 0 saturated carbocycles. The fourth-order valence-electron chi connectivity index (χ4n) is 2.21. The van der Waals surface area contributed by atoms with E-state index in [-0.39, 0.29) is 4.90 Å². The molecule has 1 aromatic heterocycles. The van der Waals surface area contributed by atoms with Gasteiger partial charge in [0.05, 0.1) is 11.2 Å². The van der Waals surface area contributed by atoms with Gasteiger partial charge in [0.25, 0.3) is 0 Å². The summed E-state index contributed by atoms with van der Waals surface area (Å²) < 4.78 is 29.1. The highest BCUT2D eigenvalue weighted by molar-refractivity contribution is 7.86. The van der Waals surface area contributed by atoms with E-state index in [0.29, 0.717) is 5.71 Å². The monoisotopic (exact) mass is 340 g/mol. The van der Waals surface area contributed by atoms with Gasteiger partial charge in [-0.1, -0.05) is 35.0 Å². The van der Waals surface area contributed by atoms with Crippen LogP contribution in [0, 0.1) is 6.92 Å². The van der Waals surface area contributed by atoms with Crippen LogP contribution in [-0.4, -0.2) is 19.1 Å². The van der Waals surface area contributed by atoms with Crippen molar-refractivity contribution >= 4 is 26.7 Å². The van der Waals surface area contributed by atoms with Gasteiger partial charge in [-0.2, -0.15) is 8.42 Å². The Hall–Kier alpha value is -2.73. The largest absolute Gasteiger partial charge is 0.358 e. The van der Waals surface area contributed by atoms with Crippen LogP contribution in [0.25, 0.3) is 10.9 Å². The number of aromatic nitrogens is 1. The number of rotatable bonds is 4. The molecule has 1 heterocycles. The molecule has 0 saturated heterocycles. The van der Waals surface area contributed by atoms with E-state index in [2.05, 4.69) is 10.1 Å². The van der Waals surface area contributed by atoms with Gasteiger partial charge in [0, 0.05) is 11.6 Å². The second kappa shape index (κ2) is 6.41. The van der Waals surface area contributed by atoms with Crippen LogP contribution in [0.1, 0.15) is 18.1 Å². The lowest BCUT2D eigenvalue weighted by Crippen LogP contribution is -2.05. The first-order valence-corrected chi connectivity index (χ1v) is 8.77. The van der Waals surface area contributed by atoms with Crippen LogP contribution < -0.4 is 0 Å². The molecular formula is C18H16N2O3S. The predicted molar refractivity (Wildman–Crippen MR) is 93.4 cm³/mol. The maximum atomic E-state index is 12.2. The van der Waals surface area contributed by atoms with Gasteiger partial charge in [-0.05, 0) is 49.7 Å². The minimum Gasteiger partial charge on any atom is -0.265 e. The standard InChI is InChI=1S/C18H16N2O3S/c1-13-5-8-17(9-6-13)24(21,22)23-20-14(2)15-7-10-18-16(12-15)4-3-11-19-18/h3-12H,1-2H3. The van der Waals surface area contributed by atoms with Crippen LogP contribution in [-0.2, 0) is 14.4 Å². The first-order chi connectivity index (χ1) is 11.5. The highest BCUT2D eigenvalue weighted by atomic mass is 32.2. The smallest absolute Gasteiger partial charge is 0.265 e. The zero-order valence-electron chi connectivity index (χ0n) is 13.3. The summed E-state index contributed by atoms with van der Waals surface area (Å²) in [7, 11) is -3.92. The van der Waals surface area contributed by atoms with Crippen molar-refractivity contribution < 1.29 is 12.7 Å². The highest BCUT2D eigenvalue weighted by Crippen LogP contribution is 2.16. The molecule has 3 aromatic rings. The van der Waals surface area contributed by atoms with E-state index in [1.54, 1.807) is 25.3 Å². The van der Waals surface area contributed by atoms with E-state index in [4.69, 9.17) is 4.28 Å². The Morgan fingerprint density at radius 3 is 2.58 bits per heavy atom. The molecule has 0 amide bonds. The normalized spacial score (nSPS) is 12.3. The fourth-order valence-corrected chi connectivity index (χ4v) is 2.97. The lowest BCUT2D eigenvalue weighted by molar-refractivity contribution is 0.339. The third-order valence-corrected chi connectivity index (χ3v) is 4.72. The van der Waals surface area contributed by atoms with E-state index in [1.807, 2.05) is 37.3 Å². The van der Waals surface area contributed by atoms with Crippen LogP contribution >= 0.6 is 0 Å². The zero-order chi connectivity index (χ0) is 17.2. The Kier molecular flexibility index (Phi) is 4.31. The summed E-state index contributed by atoms with van der Waals surface area (Å²) in [6, 6.07) is 15.8. The number of benzene rings is 2. The number of oxime groups is 1. The van der Waals surface area contributed by atoms with Crippen molar-refractivity contribution in [3.8, 4) is 0 Å². The molecule has 2 aromatic carbocycles. The van der Waals surface area contributed by atoms with Crippen LogP contribution in [0.4, 0.5) is 0 Å². The number of fused-ring (bicyclic) bond motifs is 1. The quantitative estimate of drug-likeness (QED) is 0.537. The van der Waals surface area contributed by atoms with Gasteiger partial charge >= 0.3 is 10.1 Å². The van der Waals surface area contributed by atoms with Crippen LogP contribution in [0.5, 0.6) is 0 Å². The molecule has 0 bridgehead atoms. The third kappa shape index (κ3) is 3.44. The molecule has 6 heteroatoms. The minimum absolute atomic E-state index is 0.0763. The summed E-state index contributed by atoms with van der Waals surface area (Å²) in [6.45, 7) is 3.58. The van der Waals surface area contributed by atoms with E-state index >= 15 is 0 Å². The van der Waals surface area contributed by atoms with Crippen molar-refractivity contribution in [1.29, 1.82) is 0 Å². The second-order valence-electron chi connectivity index (χ2n) is 5.43. The van der Waals surface area contributed by atoms with E-state index < -0.39 is 10.1 Å². The van der Waals surface area contributed by atoms with Gasteiger partial charge in [0.2, 0.25) is 0 Å². The number of aryl methyl sites for hydroxylation is 1. The van der Waals surface area contributed by atoms with E-state index in [1.165, 1.54) is 12.1 Å². The van der Waals surface area contributed by atoms with Gasteiger partial charge in [-0.3, -0.25) is 9.27 Å². The first-order valence-electron chi connectivity index (χ1n) is 7.36. The zero-order valence-corrected chi connectivity index (χ0v) is 14.1. The summed E-state index contributed by atoms with van der Waals surface area (Å²) in [6.07, 6.45) is 1.72. The summed E-state index contributed by atoms with van der Waals surface area (Å²) >= 11 is 0. The average Bonchev–Trinajstić information content (AvgIpc) is 2.59. The fraction of sp³-hybridized carbons (Fsp3) is 0.111. The molecule has 3 rings (SSSR count). The Morgan fingerprint density at radius 2 is 1.83 bits per heavy atom. The Balaban J connectivity index is 1.85. The molecule has 0 N–H and O–H groups in total. The third-order valence-electron chi connectivity index (χ3n) is 3.60. The Bertz CT molecular complexity index is 1010. The number of hydrogen-bond donors (Lipinski definition) is 0. The summed E-state index contributed by atoms with van der Waals surface area (Å²) in [5.74, 6) is 0. The van der Waals surface area contributed by atoms with Gasteiger partial charge in [0.15, 0.2) is 0 Å². The molecule has 0 unspecified atom stereocenters. The van der Waals surface area contributed by atoms with Gasteiger partial charge in [0.1, 0.15) is 4.90 Å². The molecule has 0 aliphatic rings. The van der Waals surface area contributed by atoms with Crippen molar-refractivity contribution in [2.45, 2.75) is 18.7 Å². The lowest BCUT2D eigenvalue weighted by atomic mass is 10.1. The minimum atomic E-state index is -3.92. The Morgan fingerprint density at radius 1 is 1.08 bits per heavy atom. The van der Waals surface area contributed by atoms with Crippen LogP contribution in [0.15, 0.2) is 70.8 Å². The molecule has 0 spiro atoms. The van der Waals surface area contributed by atoms with Crippen LogP contribution in [0.3, 0.4) is 0 Å². The highest BCUT2D eigenvalue weighted by Gasteiger charge is 2.15. The van der Waals surface area contributed by atoms with Crippen molar-refractivity contribution in [2.24, 2.45) is 5.16 Å². The number of hydrogen-bond acceptors (Lipinski definition) is 5. The number of pyridine rings is 1. The topological polar surface area (TPSA) is 68.6 Å². The van der Waals surface area contributed by atoms with Crippen LogP contribution in [0.2, 0.25) is 0 Å². The molecule has 0 aliphatic heterocycles. The SMILES string of the molecule is CC(=NOS(=O)(=O)c1ccc(C)cc1)c1ccc2ncccc2c1. The molecule has 0 radical (unpaired) electrons. The van der Waals surface area contributed by atoms with E-state index in [0.717, 1.165) is 22.0 Å². The number of nitrogens with zero attached hydrogens (tertiary/aromatic N) is 2. The van der Waals surface area contributed by atoms with Gasteiger partial charge in [-0.15, -0.1) is 0 Å². The van der Waals surface area contributed by atoms with Crippen molar-refractivity contribution in [3.63, 3.8) is 0 Å². The molecule has 0 aliphatic carbocycles. The van der Waals surface area contributed by atoms with Crippen molar-refractivity contribution in [2.75, 3.05) is 0 Å². The first kappa shape index (κ1) is 16.1. The molecule has 122 valence electrons. The lowest BCUT2D eigenvalue weighted by Gasteiger charge is -2.05. The molecule has 5 nitrogen and oxygen atoms in total. The van der Waals surface area contributed by atoms with Gasteiger partial charge < -0.3 is 0 Å². The average molecular weight is 340 g/mol. The molecule has 24 heavy (non-hydrogen) atoms. The second-order valence-corrected chi connectivity index (χ2v) is 6.96. The predicted octanol–water partition coefficient (Wildman–Crippen LogP) is 3.67. The van der Waals surface area contributed by atoms with Gasteiger partial charge in [-0.25, -0.2) is 0 Å². The van der Waals surface area contributed by atoms with Crippen molar-refractivity contribution in [1.82, 2.24) is 4.98 Å². The summed E-state index contributed by atoms with van der Waals surface area (Å²) in [4.78, 5) is 4.32. The molecule has 0 atom stereocenters. The molecular weight excluding hydrogens is 324 g/mol. The maximum absolute atomic E-state index is 12.2. The summed E-state index contributed by atoms with van der Waals surface area (Å²) in [5.41, 5.74) is 3.08. The molecule has 0 fully saturated rings. The van der Waals surface area contributed by atoms with E-state index in [9.17, 15) is 8.42 Å². The Labute approximate surface area is 140 Å². The summed E-state index contributed by atoms with van der Waals surface area (Å²) in [5, 5.41) is 4.73. The maximum Gasteiger partial charge on any atom is 0.358 e. The van der Waals surface area contributed by atoms with Crippen molar-refractivity contribution in [3.05, 3.63) is 71.9 Å².